The van der Waals surface area contributed by atoms with Gasteiger partial charge in [0.2, 0.25) is 11.8 Å². The van der Waals surface area contributed by atoms with E-state index in [1.54, 1.807) is 26.1 Å². The van der Waals surface area contributed by atoms with Crippen LogP contribution in [-0.4, -0.2) is 68.6 Å². The lowest BCUT2D eigenvalue weighted by atomic mass is 9.84. The number of hydrogen-bond donors (Lipinski definition) is 1. The second kappa shape index (κ2) is 6.75. The molecule has 6 heteroatoms. The maximum atomic E-state index is 12.8. The lowest BCUT2D eigenvalue weighted by Crippen LogP contribution is -2.50. The molecule has 120 valence electrons. The molecular formula is C15H27N3O3. The number of ether oxygens (including phenoxy) is 1. The molecule has 2 N–H and O–H groups in total. The van der Waals surface area contributed by atoms with Crippen LogP contribution in [0.5, 0.6) is 0 Å². The number of nitrogens with two attached hydrogens (primary N) is 1. The zero-order valence-electron chi connectivity index (χ0n) is 13.2. The summed E-state index contributed by atoms with van der Waals surface area (Å²) in [5.41, 5.74) is 6.25. The fraction of sp³-hybridized carbons (Fsp3) is 0.867. The number of likely N-dealkylation sites (N-methyl/N-ethyl adjacent to an activating group) is 1. The van der Waals surface area contributed by atoms with Gasteiger partial charge in [0, 0.05) is 33.8 Å². The highest BCUT2D eigenvalue weighted by Gasteiger charge is 2.50. The molecule has 2 saturated carbocycles. The van der Waals surface area contributed by atoms with Crippen LogP contribution < -0.4 is 5.73 Å². The quantitative estimate of drug-likeness (QED) is 0.744. The van der Waals surface area contributed by atoms with E-state index in [1.807, 2.05) is 0 Å². The van der Waals surface area contributed by atoms with Crippen LogP contribution in [0.4, 0.5) is 0 Å². The zero-order chi connectivity index (χ0) is 15.6. The Balaban J connectivity index is 2.05. The third kappa shape index (κ3) is 3.37. The number of amides is 2. The average molecular weight is 297 g/mol. The summed E-state index contributed by atoms with van der Waals surface area (Å²) in [6.45, 7) is 0.980. The fourth-order valence-corrected chi connectivity index (χ4v) is 3.69. The molecule has 21 heavy (non-hydrogen) atoms. The van der Waals surface area contributed by atoms with Crippen LogP contribution in [-0.2, 0) is 14.3 Å². The summed E-state index contributed by atoms with van der Waals surface area (Å²) in [4.78, 5) is 27.9. The van der Waals surface area contributed by atoms with Gasteiger partial charge in [0.05, 0.1) is 19.1 Å². The van der Waals surface area contributed by atoms with E-state index in [-0.39, 0.29) is 30.3 Å². The summed E-state index contributed by atoms with van der Waals surface area (Å²) in [6.07, 6.45) is 3.30. The fourth-order valence-electron chi connectivity index (χ4n) is 3.69. The van der Waals surface area contributed by atoms with Gasteiger partial charge in [-0.05, 0) is 31.1 Å². The number of methoxy groups -OCH3 is 1. The topological polar surface area (TPSA) is 75.9 Å². The van der Waals surface area contributed by atoms with E-state index >= 15 is 0 Å². The van der Waals surface area contributed by atoms with Crippen LogP contribution in [0, 0.1) is 17.8 Å². The minimum Gasteiger partial charge on any atom is -0.383 e. The molecule has 0 aromatic rings. The molecule has 2 bridgehead atoms. The van der Waals surface area contributed by atoms with Crippen LogP contribution in [0.25, 0.3) is 0 Å². The first-order valence-electron chi connectivity index (χ1n) is 7.69. The van der Waals surface area contributed by atoms with E-state index in [0.717, 1.165) is 19.3 Å². The molecule has 0 aliphatic heterocycles. The number of carbonyl (C=O) groups excluding carboxylic acids is 2. The summed E-state index contributed by atoms with van der Waals surface area (Å²) in [7, 11) is 4.99. The SMILES string of the molecule is COCCN(CC(=O)N(C)C)C(=O)C1C2CCC(C2)C1N. The van der Waals surface area contributed by atoms with Crippen molar-refractivity contribution in [1.82, 2.24) is 9.80 Å². The highest BCUT2D eigenvalue weighted by Crippen LogP contribution is 2.48. The van der Waals surface area contributed by atoms with E-state index in [1.165, 1.54) is 4.90 Å². The molecule has 0 spiro atoms. The molecule has 2 amide bonds. The monoisotopic (exact) mass is 297 g/mol. The lowest BCUT2D eigenvalue weighted by Gasteiger charge is -2.32. The van der Waals surface area contributed by atoms with Gasteiger partial charge in [-0.3, -0.25) is 9.59 Å². The van der Waals surface area contributed by atoms with Gasteiger partial charge in [0.15, 0.2) is 0 Å². The van der Waals surface area contributed by atoms with Gasteiger partial charge in [0.1, 0.15) is 0 Å². The lowest BCUT2D eigenvalue weighted by molar-refractivity contribution is -0.144. The maximum absolute atomic E-state index is 12.8. The minimum absolute atomic E-state index is 0.0296. The molecular weight excluding hydrogens is 270 g/mol. The molecule has 0 saturated heterocycles. The molecule has 6 nitrogen and oxygen atoms in total. The number of nitrogens with zero attached hydrogens (tertiary/aromatic N) is 2. The van der Waals surface area contributed by atoms with Crippen LogP contribution in [0.3, 0.4) is 0 Å². The minimum atomic E-state index is -0.115. The Hall–Kier alpha value is -1.14. The molecule has 2 aliphatic carbocycles. The van der Waals surface area contributed by atoms with E-state index in [0.29, 0.717) is 25.0 Å². The summed E-state index contributed by atoms with van der Waals surface area (Å²) in [6, 6.07) is -0.0456. The van der Waals surface area contributed by atoms with Gasteiger partial charge in [-0.25, -0.2) is 0 Å². The standard InChI is InChI=1S/C15H27N3O3/c1-17(2)12(19)9-18(6-7-21-3)15(20)13-10-4-5-11(8-10)14(13)16/h10-11,13-14H,4-9,16H2,1-3H3. The summed E-state index contributed by atoms with van der Waals surface area (Å²) < 4.78 is 5.07. The summed E-state index contributed by atoms with van der Waals surface area (Å²) in [5, 5.41) is 0. The molecule has 0 heterocycles. The van der Waals surface area contributed by atoms with Crippen LogP contribution in [0.1, 0.15) is 19.3 Å². The highest BCUT2D eigenvalue weighted by molar-refractivity contribution is 5.86. The number of rotatable bonds is 6. The van der Waals surface area contributed by atoms with Crippen LogP contribution in [0.15, 0.2) is 0 Å². The van der Waals surface area contributed by atoms with E-state index in [2.05, 4.69) is 0 Å². The summed E-state index contributed by atoms with van der Waals surface area (Å²) in [5.74, 6) is 0.725. The van der Waals surface area contributed by atoms with E-state index in [4.69, 9.17) is 10.5 Å². The summed E-state index contributed by atoms with van der Waals surface area (Å²) >= 11 is 0. The molecule has 2 rings (SSSR count). The van der Waals surface area contributed by atoms with Crippen molar-refractivity contribution >= 4 is 11.8 Å². The van der Waals surface area contributed by atoms with Gasteiger partial charge in [-0.1, -0.05) is 0 Å². The molecule has 0 radical (unpaired) electrons. The number of carbonyl (C=O) groups is 2. The first-order chi connectivity index (χ1) is 9.95. The highest BCUT2D eigenvalue weighted by atomic mass is 16.5. The Kier molecular flexibility index (Phi) is 5.22. The number of hydrogen-bond acceptors (Lipinski definition) is 4. The average Bonchev–Trinajstić information content (AvgIpc) is 3.03. The van der Waals surface area contributed by atoms with Crippen molar-refractivity contribution in [3.63, 3.8) is 0 Å². The maximum Gasteiger partial charge on any atom is 0.241 e. The second-order valence-electron chi connectivity index (χ2n) is 6.48. The molecule has 0 aromatic carbocycles. The molecule has 0 aromatic heterocycles. The van der Waals surface area contributed by atoms with Crippen LogP contribution in [0.2, 0.25) is 0 Å². The first-order valence-corrected chi connectivity index (χ1v) is 7.69. The molecule has 2 aliphatic rings. The molecule has 4 unspecified atom stereocenters. The van der Waals surface area contributed by atoms with E-state index < -0.39 is 0 Å². The van der Waals surface area contributed by atoms with Gasteiger partial charge in [0.25, 0.3) is 0 Å². The van der Waals surface area contributed by atoms with Crippen molar-refractivity contribution in [2.45, 2.75) is 25.3 Å². The van der Waals surface area contributed by atoms with Gasteiger partial charge >= 0.3 is 0 Å². The molecule has 4 atom stereocenters. The van der Waals surface area contributed by atoms with Crippen molar-refractivity contribution in [1.29, 1.82) is 0 Å². The zero-order valence-corrected chi connectivity index (χ0v) is 13.2. The predicted octanol–water partition coefficient (Wildman–Crippen LogP) is -0.0770. The van der Waals surface area contributed by atoms with Gasteiger partial charge in [-0.2, -0.15) is 0 Å². The third-order valence-corrected chi connectivity index (χ3v) is 4.97. The Morgan fingerprint density at radius 2 is 1.90 bits per heavy atom. The van der Waals surface area contributed by atoms with Gasteiger partial charge in [-0.15, -0.1) is 0 Å². The number of fused-ring (bicyclic) bond motifs is 2. The van der Waals surface area contributed by atoms with Crippen molar-refractivity contribution in [3.05, 3.63) is 0 Å². The van der Waals surface area contributed by atoms with Crippen molar-refractivity contribution in [3.8, 4) is 0 Å². The van der Waals surface area contributed by atoms with Gasteiger partial charge < -0.3 is 20.3 Å². The van der Waals surface area contributed by atoms with Crippen LogP contribution >= 0.6 is 0 Å². The van der Waals surface area contributed by atoms with Crippen molar-refractivity contribution in [2.24, 2.45) is 23.5 Å². The largest absolute Gasteiger partial charge is 0.383 e. The Morgan fingerprint density at radius 1 is 1.24 bits per heavy atom. The predicted molar refractivity (Wildman–Crippen MR) is 79.4 cm³/mol. The smallest absolute Gasteiger partial charge is 0.241 e. The molecule has 2 fully saturated rings. The van der Waals surface area contributed by atoms with E-state index in [9.17, 15) is 9.59 Å². The Labute approximate surface area is 126 Å². The Morgan fingerprint density at radius 3 is 2.43 bits per heavy atom. The normalized spacial score (nSPS) is 30.5. The second-order valence-corrected chi connectivity index (χ2v) is 6.48. The van der Waals surface area contributed by atoms with Crippen molar-refractivity contribution < 1.29 is 14.3 Å². The Bertz CT molecular complexity index is 398. The first kappa shape index (κ1) is 16.2. The third-order valence-electron chi connectivity index (χ3n) is 4.97. The van der Waals surface area contributed by atoms with Crippen molar-refractivity contribution in [2.75, 3.05) is 40.9 Å².